The summed E-state index contributed by atoms with van der Waals surface area (Å²) in [5.41, 5.74) is 1.42. The van der Waals surface area contributed by atoms with E-state index in [1.165, 1.54) is 31.2 Å². The Morgan fingerprint density at radius 3 is 2.33 bits per heavy atom. The molecule has 2 unspecified atom stereocenters. The van der Waals surface area contributed by atoms with Crippen LogP contribution in [0.2, 0.25) is 0 Å². The third-order valence-corrected chi connectivity index (χ3v) is 4.29. The molecule has 0 aromatic heterocycles. The molecule has 0 fully saturated rings. The number of likely N-dealkylation sites (N-methyl/N-ethyl adjacent to an activating group) is 1. The summed E-state index contributed by atoms with van der Waals surface area (Å²) in [5, 5.41) is 3.51. The van der Waals surface area contributed by atoms with Crippen molar-refractivity contribution in [2.24, 2.45) is 5.92 Å². The number of halogens is 1. The molecule has 0 aliphatic heterocycles. The van der Waals surface area contributed by atoms with Crippen molar-refractivity contribution in [3.05, 3.63) is 34.3 Å². The molecule has 0 amide bonds. The quantitative estimate of drug-likeness (QED) is 0.727. The van der Waals surface area contributed by atoms with Crippen LogP contribution in [0.25, 0.3) is 0 Å². The lowest BCUT2D eigenvalue weighted by Crippen LogP contribution is -2.35. The molecule has 2 heteroatoms. The summed E-state index contributed by atoms with van der Waals surface area (Å²) >= 11 is 3.49. The highest BCUT2D eigenvalue weighted by Gasteiger charge is 2.18. The Balaban J connectivity index is 2.61. The monoisotopic (exact) mass is 311 g/mol. The van der Waals surface area contributed by atoms with Crippen LogP contribution in [0.5, 0.6) is 0 Å². The van der Waals surface area contributed by atoms with Gasteiger partial charge in [0, 0.05) is 10.5 Å². The first-order valence-electron chi connectivity index (χ1n) is 7.12. The van der Waals surface area contributed by atoms with E-state index in [4.69, 9.17) is 0 Å². The molecular weight excluding hydrogens is 286 g/mol. The van der Waals surface area contributed by atoms with Crippen LogP contribution in [0, 0.1) is 5.92 Å². The molecule has 1 N–H and O–H groups in total. The first-order valence-corrected chi connectivity index (χ1v) is 7.92. The number of nitrogens with one attached hydrogen (secondary N) is 1. The molecule has 1 aromatic rings. The number of unbranched alkanes of at least 4 members (excludes halogenated alkanes) is 1. The predicted molar refractivity (Wildman–Crippen MR) is 84.0 cm³/mol. The molecular formula is C16H26BrN. The van der Waals surface area contributed by atoms with Gasteiger partial charge in [-0.3, -0.25) is 0 Å². The summed E-state index contributed by atoms with van der Waals surface area (Å²) in [7, 11) is 2.10. The van der Waals surface area contributed by atoms with Crippen LogP contribution in [0.4, 0.5) is 0 Å². The van der Waals surface area contributed by atoms with Gasteiger partial charge in [0.2, 0.25) is 0 Å². The van der Waals surface area contributed by atoms with E-state index < -0.39 is 0 Å². The van der Waals surface area contributed by atoms with E-state index in [9.17, 15) is 0 Å². The highest BCUT2D eigenvalue weighted by molar-refractivity contribution is 9.10. The van der Waals surface area contributed by atoms with Crippen molar-refractivity contribution in [3.8, 4) is 0 Å². The van der Waals surface area contributed by atoms with E-state index in [1.54, 1.807) is 0 Å². The Labute approximate surface area is 120 Å². The van der Waals surface area contributed by atoms with Gasteiger partial charge in [0.05, 0.1) is 0 Å². The highest BCUT2D eigenvalue weighted by atomic mass is 79.9. The number of rotatable bonds is 8. The molecule has 0 aliphatic carbocycles. The van der Waals surface area contributed by atoms with Gasteiger partial charge in [-0.15, -0.1) is 0 Å². The van der Waals surface area contributed by atoms with Gasteiger partial charge in [-0.2, -0.15) is 0 Å². The molecule has 1 nitrogen and oxygen atoms in total. The fourth-order valence-corrected chi connectivity index (χ4v) is 2.80. The third kappa shape index (κ3) is 5.11. The van der Waals surface area contributed by atoms with E-state index in [1.807, 2.05) is 0 Å². The normalized spacial score (nSPS) is 14.4. The fourth-order valence-electron chi connectivity index (χ4n) is 2.53. The Morgan fingerprint density at radius 2 is 1.83 bits per heavy atom. The second-order valence-electron chi connectivity index (χ2n) is 5.04. The maximum Gasteiger partial charge on any atom is 0.0175 e. The van der Waals surface area contributed by atoms with Crippen LogP contribution in [-0.4, -0.2) is 13.1 Å². The van der Waals surface area contributed by atoms with Crippen molar-refractivity contribution in [1.82, 2.24) is 5.32 Å². The standard InChI is InChI=1S/C16H26BrN/c1-4-6-7-14(5-2)16(18-3)12-13-8-10-15(17)11-9-13/h8-11,14,16,18H,4-7,12H2,1-3H3. The van der Waals surface area contributed by atoms with Gasteiger partial charge in [-0.1, -0.05) is 61.2 Å². The summed E-state index contributed by atoms with van der Waals surface area (Å²) in [6.07, 6.45) is 6.38. The molecule has 1 aromatic carbocycles. The third-order valence-electron chi connectivity index (χ3n) is 3.76. The summed E-state index contributed by atoms with van der Waals surface area (Å²) in [4.78, 5) is 0. The molecule has 2 atom stereocenters. The predicted octanol–water partition coefficient (Wildman–Crippen LogP) is 4.80. The molecule has 0 saturated carbocycles. The van der Waals surface area contributed by atoms with Gasteiger partial charge in [-0.25, -0.2) is 0 Å². The SMILES string of the molecule is CCCCC(CC)C(Cc1ccc(Br)cc1)NC. The summed E-state index contributed by atoms with van der Waals surface area (Å²) in [6, 6.07) is 9.31. The minimum atomic E-state index is 0.600. The maximum atomic E-state index is 3.51. The highest BCUT2D eigenvalue weighted by Crippen LogP contribution is 2.21. The van der Waals surface area contributed by atoms with E-state index in [2.05, 4.69) is 66.4 Å². The van der Waals surface area contributed by atoms with Crippen LogP contribution in [-0.2, 0) is 6.42 Å². The van der Waals surface area contributed by atoms with Gasteiger partial charge in [0.25, 0.3) is 0 Å². The lowest BCUT2D eigenvalue weighted by molar-refractivity contribution is 0.330. The second kappa shape index (κ2) is 8.71. The molecule has 1 rings (SSSR count). The van der Waals surface area contributed by atoms with Crippen LogP contribution >= 0.6 is 15.9 Å². The Kier molecular flexibility index (Phi) is 7.60. The zero-order valence-corrected chi connectivity index (χ0v) is 13.5. The molecule has 102 valence electrons. The fraction of sp³-hybridized carbons (Fsp3) is 0.625. The van der Waals surface area contributed by atoms with Crippen LogP contribution in [0.3, 0.4) is 0 Å². The molecule has 0 saturated heterocycles. The van der Waals surface area contributed by atoms with Crippen molar-refractivity contribution in [2.45, 2.75) is 52.0 Å². The first kappa shape index (κ1) is 15.7. The Morgan fingerprint density at radius 1 is 1.17 bits per heavy atom. The first-order chi connectivity index (χ1) is 8.71. The van der Waals surface area contributed by atoms with E-state index in [0.29, 0.717) is 6.04 Å². The summed E-state index contributed by atoms with van der Waals surface area (Å²) in [6.45, 7) is 4.59. The largest absolute Gasteiger partial charge is 0.316 e. The van der Waals surface area contributed by atoms with Gasteiger partial charge in [0.15, 0.2) is 0 Å². The molecule has 0 radical (unpaired) electrons. The molecule has 0 spiro atoms. The molecule has 0 bridgehead atoms. The average Bonchev–Trinajstić information content (AvgIpc) is 2.40. The van der Waals surface area contributed by atoms with Gasteiger partial charge >= 0.3 is 0 Å². The maximum absolute atomic E-state index is 3.51. The van der Waals surface area contributed by atoms with Crippen molar-refractivity contribution < 1.29 is 0 Å². The van der Waals surface area contributed by atoms with Crippen molar-refractivity contribution in [3.63, 3.8) is 0 Å². The zero-order chi connectivity index (χ0) is 13.4. The van der Waals surface area contributed by atoms with E-state index in [-0.39, 0.29) is 0 Å². The summed E-state index contributed by atoms with van der Waals surface area (Å²) in [5.74, 6) is 0.790. The number of hydrogen-bond acceptors (Lipinski definition) is 1. The minimum absolute atomic E-state index is 0.600. The average molecular weight is 312 g/mol. The topological polar surface area (TPSA) is 12.0 Å². The van der Waals surface area contributed by atoms with Crippen molar-refractivity contribution >= 4 is 15.9 Å². The Hall–Kier alpha value is -0.340. The minimum Gasteiger partial charge on any atom is -0.316 e. The smallest absolute Gasteiger partial charge is 0.0175 e. The van der Waals surface area contributed by atoms with Crippen LogP contribution in [0.1, 0.15) is 45.1 Å². The lowest BCUT2D eigenvalue weighted by Gasteiger charge is -2.26. The van der Waals surface area contributed by atoms with E-state index >= 15 is 0 Å². The second-order valence-corrected chi connectivity index (χ2v) is 5.95. The van der Waals surface area contributed by atoms with Gasteiger partial charge < -0.3 is 5.32 Å². The molecule has 0 aliphatic rings. The van der Waals surface area contributed by atoms with Crippen molar-refractivity contribution in [1.29, 1.82) is 0 Å². The summed E-state index contributed by atoms with van der Waals surface area (Å²) < 4.78 is 1.16. The van der Waals surface area contributed by atoms with Gasteiger partial charge in [0.1, 0.15) is 0 Å². The van der Waals surface area contributed by atoms with Crippen LogP contribution < -0.4 is 5.32 Å². The molecule has 18 heavy (non-hydrogen) atoms. The van der Waals surface area contributed by atoms with Gasteiger partial charge in [-0.05, 0) is 43.5 Å². The van der Waals surface area contributed by atoms with Crippen molar-refractivity contribution in [2.75, 3.05) is 7.05 Å². The lowest BCUT2D eigenvalue weighted by atomic mass is 9.87. The van der Waals surface area contributed by atoms with Crippen LogP contribution in [0.15, 0.2) is 28.7 Å². The zero-order valence-electron chi connectivity index (χ0n) is 11.9. The number of benzene rings is 1. The molecule has 0 heterocycles. The van der Waals surface area contributed by atoms with E-state index in [0.717, 1.165) is 16.8 Å². The Bertz CT molecular complexity index is 320. The number of hydrogen-bond donors (Lipinski definition) is 1.